The number of halogens is 1. The Balaban J connectivity index is 2.06. The summed E-state index contributed by atoms with van der Waals surface area (Å²) in [7, 11) is 0. The van der Waals surface area contributed by atoms with Crippen molar-refractivity contribution in [1.29, 1.82) is 0 Å². The molecule has 2 aromatic heterocycles. The number of anilines is 1. The second kappa shape index (κ2) is 5.18. The normalized spacial score (nSPS) is 10.8. The Morgan fingerprint density at radius 2 is 2.05 bits per heavy atom. The van der Waals surface area contributed by atoms with E-state index >= 15 is 0 Å². The summed E-state index contributed by atoms with van der Waals surface area (Å²) in [4.78, 5) is 8.72. The standard InChI is InChI=1S/C15H13ClN4O/c1-8-6-9(2)13(18-7-8)14-19-15(21-20-14)10-4-3-5-11(16)12(10)17/h3-7H,17H2,1-2H3. The fourth-order valence-corrected chi connectivity index (χ4v) is 2.28. The fourth-order valence-electron chi connectivity index (χ4n) is 2.10. The minimum atomic E-state index is 0.326. The zero-order valence-corrected chi connectivity index (χ0v) is 12.3. The Bertz CT molecular complexity index is 813. The van der Waals surface area contributed by atoms with Crippen LogP contribution in [0.5, 0.6) is 0 Å². The number of hydrogen-bond acceptors (Lipinski definition) is 5. The van der Waals surface area contributed by atoms with E-state index < -0.39 is 0 Å². The first kappa shape index (κ1) is 13.6. The van der Waals surface area contributed by atoms with E-state index in [4.69, 9.17) is 21.9 Å². The quantitative estimate of drug-likeness (QED) is 0.731. The Labute approximate surface area is 126 Å². The van der Waals surface area contributed by atoms with Crippen LogP contribution in [0.2, 0.25) is 5.02 Å². The van der Waals surface area contributed by atoms with Crippen molar-refractivity contribution in [3.05, 3.63) is 46.6 Å². The number of para-hydroxylation sites is 1. The molecular weight excluding hydrogens is 288 g/mol. The molecule has 0 aliphatic rings. The summed E-state index contributed by atoms with van der Waals surface area (Å²) in [6.45, 7) is 3.94. The average molecular weight is 301 g/mol. The van der Waals surface area contributed by atoms with E-state index in [0.29, 0.717) is 33.7 Å². The van der Waals surface area contributed by atoms with E-state index in [2.05, 4.69) is 15.1 Å². The molecule has 0 aliphatic heterocycles. The van der Waals surface area contributed by atoms with Crippen molar-refractivity contribution in [2.75, 3.05) is 5.73 Å². The molecule has 0 radical (unpaired) electrons. The number of nitrogen functional groups attached to an aromatic ring is 1. The predicted octanol–water partition coefficient (Wildman–Crippen LogP) is 3.65. The molecule has 6 heteroatoms. The lowest BCUT2D eigenvalue weighted by molar-refractivity contribution is 0.432. The van der Waals surface area contributed by atoms with Gasteiger partial charge in [0.1, 0.15) is 5.69 Å². The van der Waals surface area contributed by atoms with Crippen LogP contribution in [0.3, 0.4) is 0 Å². The van der Waals surface area contributed by atoms with E-state index in [1.807, 2.05) is 19.9 Å². The topological polar surface area (TPSA) is 77.8 Å². The number of rotatable bonds is 2. The molecule has 106 valence electrons. The first-order chi connectivity index (χ1) is 10.1. The van der Waals surface area contributed by atoms with E-state index in [9.17, 15) is 0 Å². The van der Waals surface area contributed by atoms with Gasteiger partial charge in [-0.05, 0) is 37.1 Å². The van der Waals surface area contributed by atoms with E-state index in [-0.39, 0.29) is 0 Å². The summed E-state index contributed by atoms with van der Waals surface area (Å²) in [5, 5.41) is 4.43. The summed E-state index contributed by atoms with van der Waals surface area (Å²) in [5.41, 5.74) is 9.73. The first-order valence-electron chi connectivity index (χ1n) is 6.38. The van der Waals surface area contributed by atoms with Crippen LogP contribution in [0, 0.1) is 13.8 Å². The van der Waals surface area contributed by atoms with E-state index in [1.165, 1.54) is 0 Å². The van der Waals surface area contributed by atoms with Crippen molar-refractivity contribution in [1.82, 2.24) is 15.1 Å². The SMILES string of the molecule is Cc1cnc(-c2noc(-c3cccc(Cl)c3N)n2)c(C)c1. The molecule has 0 fully saturated rings. The van der Waals surface area contributed by atoms with Gasteiger partial charge in [-0.15, -0.1) is 0 Å². The lowest BCUT2D eigenvalue weighted by Crippen LogP contribution is -1.93. The second-order valence-electron chi connectivity index (χ2n) is 4.80. The number of nitrogens with two attached hydrogens (primary N) is 1. The minimum Gasteiger partial charge on any atom is -0.397 e. The number of nitrogens with zero attached hydrogens (tertiary/aromatic N) is 3. The number of hydrogen-bond donors (Lipinski definition) is 1. The van der Waals surface area contributed by atoms with Crippen molar-refractivity contribution in [3.63, 3.8) is 0 Å². The molecule has 21 heavy (non-hydrogen) atoms. The van der Waals surface area contributed by atoms with E-state index in [1.54, 1.807) is 24.4 Å². The Kier molecular flexibility index (Phi) is 3.35. The average Bonchev–Trinajstić information content (AvgIpc) is 2.91. The summed E-state index contributed by atoms with van der Waals surface area (Å²) in [6.07, 6.45) is 1.77. The molecule has 3 aromatic rings. The molecule has 0 amide bonds. The smallest absolute Gasteiger partial charge is 0.260 e. The highest BCUT2D eigenvalue weighted by Gasteiger charge is 2.16. The van der Waals surface area contributed by atoms with Crippen molar-refractivity contribution in [2.45, 2.75) is 13.8 Å². The molecular formula is C15H13ClN4O. The largest absolute Gasteiger partial charge is 0.397 e. The third-order valence-corrected chi connectivity index (χ3v) is 3.47. The van der Waals surface area contributed by atoms with Crippen LogP contribution < -0.4 is 5.73 Å². The monoisotopic (exact) mass is 300 g/mol. The van der Waals surface area contributed by atoms with Gasteiger partial charge < -0.3 is 10.3 Å². The van der Waals surface area contributed by atoms with Gasteiger partial charge in [-0.25, -0.2) is 0 Å². The van der Waals surface area contributed by atoms with Gasteiger partial charge in [-0.1, -0.05) is 28.9 Å². The van der Waals surface area contributed by atoms with Crippen LogP contribution in [0.1, 0.15) is 11.1 Å². The van der Waals surface area contributed by atoms with Crippen molar-refractivity contribution in [3.8, 4) is 23.0 Å². The summed E-state index contributed by atoms with van der Waals surface area (Å²) < 4.78 is 5.29. The third kappa shape index (κ3) is 2.48. The molecule has 0 saturated carbocycles. The van der Waals surface area contributed by atoms with Gasteiger partial charge in [0.2, 0.25) is 5.82 Å². The van der Waals surface area contributed by atoms with Gasteiger partial charge in [-0.2, -0.15) is 4.98 Å². The molecule has 0 aliphatic carbocycles. The van der Waals surface area contributed by atoms with Crippen molar-refractivity contribution in [2.24, 2.45) is 0 Å². The molecule has 3 rings (SSSR count). The number of aryl methyl sites for hydroxylation is 2. The van der Waals surface area contributed by atoms with Gasteiger partial charge in [0.15, 0.2) is 0 Å². The third-order valence-electron chi connectivity index (χ3n) is 3.14. The zero-order valence-electron chi connectivity index (χ0n) is 11.6. The van der Waals surface area contributed by atoms with Gasteiger partial charge >= 0.3 is 0 Å². The Hall–Kier alpha value is -2.40. The predicted molar refractivity (Wildman–Crippen MR) is 81.9 cm³/mol. The maximum atomic E-state index is 6.00. The number of pyridine rings is 1. The highest BCUT2D eigenvalue weighted by Crippen LogP contribution is 2.31. The lowest BCUT2D eigenvalue weighted by atomic mass is 10.1. The molecule has 2 heterocycles. The van der Waals surface area contributed by atoms with Crippen LogP contribution in [-0.2, 0) is 0 Å². The second-order valence-corrected chi connectivity index (χ2v) is 5.21. The molecule has 1 aromatic carbocycles. The number of aromatic nitrogens is 3. The van der Waals surface area contributed by atoms with Crippen LogP contribution in [0.25, 0.3) is 23.0 Å². The molecule has 0 saturated heterocycles. The van der Waals surface area contributed by atoms with Crippen LogP contribution in [0.4, 0.5) is 5.69 Å². The van der Waals surface area contributed by atoms with Gasteiger partial charge in [0.25, 0.3) is 5.89 Å². The highest BCUT2D eigenvalue weighted by atomic mass is 35.5. The van der Waals surface area contributed by atoms with Gasteiger partial charge in [0.05, 0.1) is 16.3 Å². The van der Waals surface area contributed by atoms with Crippen LogP contribution in [-0.4, -0.2) is 15.1 Å². The highest BCUT2D eigenvalue weighted by molar-refractivity contribution is 6.33. The maximum absolute atomic E-state index is 6.00. The van der Waals surface area contributed by atoms with Crippen LogP contribution in [0.15, 0.2) is 35.0 Å². The van der Waals surface area contributed by atoms with Crippen LogP contribution >= 0.6 is 11.6 Å². The number of benzene rings is 1. The molecule has 2 N–H and O–H groups in total. The lowest BCUT2D eigenvalue weighted by Gasteiger charge is -2.02. The minimum absolute atomic E-state index is 0.326. The Morgan fingerprint density at radius 3 is 2.81 bits per heavy atom. The zero-order chi connectivity index (χ0) is 15.0. The fraction of sp³-hybridized carbons (Fsp3) is 0.133. The molecule has 0 bridgehead atoms. The van der Waals surface area contributed by atoms with Gasteiger partial charge in [-0.3, -0.25) is 4.98 Å². The molecule has 5 nitrogen and oxygen atoms in total. The molecule has 0 spiro atoms. The molecule has 0 unspecified atom stereocenters. The van der Waals surface area contributed by atoms with Gasteiger partial charge in [0, 0.05) is 6.20 Å². The molecule has 0 atom stereocenters. The van der Waals surface area contributed by atoms with Crippen molar-refractivity contribution < 1.29 is 4.52 Å². The summed E-state index contributed by atoms with van der Waals surface area (Å²) >= 11 is 6.00. The van der Waals surface area contributed by atoms with Crippen molar-refractivity contribution >= 4 is 17.3 Å². The maximum Gasteiger partial charge on any atom is 0.260 e. The summed E-state index contributed by atoms with van der Waals surface area (Å²) in [5.74, 6) is 0.758. The van der Waals surface area contributed by atoms with E-state index in [0.717, 1.165) is 11.1 Å². The summed E-state index contributed by atoms with van der Waals surface area (Å²) in [6, 6.07) is 7.30. The first-order valence-corrected chi connectivity index (χ1v) is 6.75. The Morgan fingerprint density at radius 1 is 1.24 bits per heavy atom.